The van der Waals surface area contributed by atoms with Crippen molar-refractivity contribution >= 4 is 17.7 Å². The van der Waals surface area contributed by atoms with E-state index in [1.54, 1.807) is 29.9 Å². The van der Waals surface area contributed by atoms with Gasteiger partial charge in [-0.15, -0.1) is 0 Å². The van der Waals surface area contributed by atoms with Crippen molar-refractivity contribution in [1.82, 2.24) is 25.3 Å². The summed E-state index contributed by atoms with van der Waals surface area (Å²) in [5, 5.41) is 17.8. The third kappa shape index (κ3) is 5.47. The highest BCUT2D eigenvalue weighted by Crippen LogP contribution is 2.23. The number of guanidine groups is 1. The number of H-pyrrole nitrogens is 1. The van der Waals surface area contributed by atoms with E-state index in [4.69, 9.17) is 4.99 Å². The number of aliphatic imine (C=N–C) groups is 1. The Morgan fingerprint density at radius 2 is 1.88 bits per heavy atom. The fraction of sp³-hybridized carbons (Fsp3) is 0.417. The van der Waals surface area contributed by atoms with E-state index in [-0.39, 0.29) is 23.2 Å². The van der Waals surface area contributed by atoms with Crippen LogP contribution < -0.4 is 10.6 Å². The molecule has 2 aromatic heterocycles. The Labute approximate surface area is 192 Å². The summed E-state index contributed by atoms with van der Waals surface area (Å²) in [7, 11) is 1.76. The maximum absolute atomic E-state index is 13.2. The summed E-state index contributed by atoms with van der Waals surface area (Å²) in [4.78, 5) is 17.8. The number of aromatic amines is 1. The van der Waals surface area contributed by atoms with Crippen molar-refractivity contribution in [3.8, 4) is 11.3 Å². The Hall–Kier alpha value is -3.49. The normalized spacial score (nSPS) is 15.1. The lowest BCUT2D eigenvalue weighted by Gasteiger charge is -2.13. The van der Waals surface area contributed by atoms with Crippen LogP contribution in [0.2, 0.25) is 0 Å². The Morgan fingerprint density at radius 3 is 2.52 bits per heavy atom. The fourth-order valence-electron chi connectivity index (χ4n) is 3.81. The lowest BCUT2D eigenvalue weighted by Crippen LogP contribution is -2.38. The van der Waals surface area contributed by atoms with Crippen molar-refractivity contribution in [3.63, 3.8) is 0 Å². The van der Waals surface area contributed by atoms with Gasteiger partial charge in [-0.3, -0.25) is 19.9 Å². The minimum Gasteiger partial charge on any atom is -0.309 e. The van der Waals surface area contributed by atoms with Gasteiger partial charge >= 0.3 is 0 Å². The molecule has 0 saturated heterocycles. The van der Waals surface area contributed by atoms with Crippen molar-refractivity contribution < 1.29 is 9.18 Å². The van der Waals surface area contributed by atoms with E-state index in [1.165, 1.54) is 12.1 Å². The highest BCUT2D eigenvalue weighted by molar-refractivity contribution is 6.09. The van der Waals surface area contributed by atoms with E-state index in [2.05, 4.69) is 46.7 Å². The SMILES string of the molecule is Cn1nc(C(C)(C)C)cc1C(=O)NC(=NC1CCCC1)Nc1cc(-c2ccc(F)cc2)[nH]n1. The molecular weight excluding hydrogens is 421 g/mol. The molecule has 8 nitrogen and oxygen atoms in total. The summed E-state index contributed by atoms with van der Waals surface area (Å²) < 4.78 is 14.8. The summed E-state index contributed by atoms with van der Waals surface area (Å²) in [6, 6.07) is 9.91. The van der Waals surface area contributed by atoms with Crippen molar-refractivity contribution in [2.24, 2.45) is 12.0 Å². The molecule has 174 valence electrons. The van der Waals surface area contributed by atoms with Gasteiger partial charge in [-0.1, -0.05) is 33.6 Å². The van der Waals surface area contributed by atoms with Gasteiger partial charge in [0, 0.05) is 18.5 Å². The first-order valence-electron chi connectivity index (χ1n) is 11.2. The molecule has 3 N–H and O–H groups in total. The van der Waals surface area contributed by atoms with Crippen LogP contribution in [-0.4, -0.2) is 37.9 Å². The number of hydrogen-bond donors (Lipinski definition) is 3. The highest BCUT2D eigenvalue weighted by Gasteiger charge is 2.23. The molecule has 0 radical (unpaired) electrons. The average Bonchev–Trinajstić information content (AvgIpc) is 3.49. The van der Waals surface area contributed by atoms with Gasteiger partial charge in [0.15, 0.2) is 5.82 Å². The monoisotopic (exact) mass is 451 g/mol. The summed E-state index contributed by atoms with van der Waals surface area (Å²) in [5.41, 5.74) is 2.66. The molecule has 0 aliphatic heterocycles. The third-order valence-electron chi connectivity index (χ3n) is 5.73. The number of anilines is 1. The Balaban J connectivity index is 1.54. The van der Waals surface area contributed by atoms with Gasteiger partial charge in [0.05, 0.1) is 17.4 Å². The number of hydrogen-bond acceptors (Lipinski definition) is 4. The number of aromatic nitrogens is 4. The largest absolute Gasteiger partial charge is 0.309 e. The van der Waals surface area contributed by atoms with Gasteiger partial charge in [-0.25, -0.2) is 9.38 Å². The number of halogens is 1. The maximum atomic E-state index is 13.2. The maximum Gasteiger partial charge on any atom is 0.276 e. The molecule has 0 spiro atoms. The minimum absolute atomic E-state index is 0.153. The molecule has 1 aliphatic carbocycles. The molecule has 0 unspecified atom stereocenters. The number of amides is 1. The molecule has 1 aromatic carbocycles. The van der Waals surface area contributed by atoms with E-state index in [0.29, 0.717) is 17.5 Å². The standard InChI is InChI=1S/C24H30FN7O/c1-24(2,3)20-14-19(32(4)31-20)22(33)28-23(26-17-7-5-6-8-17)27-21-13-18(29-30-21)15-9-11-16(25)12-10-15/h9-14,17H,5-8H2,1-4H3,(H3,26,27,28,29,30,33). The van der Waals surface area contributed by atoms with Crippen molar-refractivity contribution in [2.75, 3.05) is 5.32 Å². The first kappa shape index (κ1) is 22.7. The number of nitrogens with zero attached hydrogens (tertiary/aromatic N) is 4. The molecule has 9 heteroatoms. The molecule has 1 saturated carbocycles. The number of carbonyl (C=O) groups excluding carboxylic acids is 1. The number of nitrogens with one attached hydrogen (secondary N) is 3. The second-order valence-corrected chi connectivity index (χ2v) is 9.46. The molecule has 0 bridgehead atoms. The van der Waals surface area contributed by atoms with E-state index in [0.717, 1.165) is 42.6 Å². The zero-order valence-corrected chi connectivity index (χ0v) is 19.4. The van der Waals surface area contributed by atoms with Crippen LogP contribution in [0.4, 0.5) is 10.2 Å². The average molecular weight is 452 g/mol. The molecule has 2 heterocycles. The van der Waals surface area contributed by atoms with Crippen LogP contribution in [0, 0.1) is 5.82 Å². The van der Waals surface area contributed by atoms with Gasteiger partial charge in [-0.05, 0) is 48.7 Å². The van der Waals surface area contributed by atoms with Crippen molar-refractivity contribution in [1.29, 1.82) is 0 Å². The summed E-state index contributed by atoms with van der Waals surface area (Å²) in [5.74, 6) is 0.267. The van der Waals surface area contributed by atoms with Crippen LogP contribution in [0.1, 0.15) is 62.6 Å². The van der Waals surface area contributed by atoms with Crippen LogP contribution in [0.3, 0.4) is 0 Å². The van der Waals surface area contributed by atoms with Crippen LogP contribution in [0.25, 0.3) is 11.3 Å². The first-order valence-corrected chi connectivity index (χ1v) is 11.2. The molecule has 33 heavy (non-hydrogen) atoms. The van der Waals surface area contributed by atoms with Gasteiger partial charge in [0.25, 0.3) is 5.91 Å². The van der Waals surface area contributed by atoms with Gasteiger partial charge in [0.1, 0.15) is 11.5 Å². The number of carbonyl (C=O) groups is 1. The molecule has 4 rings (SSSR count). The number of aryl methyl sites for hydroxylation is 1. The molecule has 1 fully saturated rings. The molecular formula is C24H30FN7O. The first-order chi connectivity index (χ1) is 15.7. The van der Waals surface area contributed by atoms with Crippen molar-refractivity contribution in [3.05, 3.63) is 53.6 Å². The smallest absolute Gasteiger partial charge is 0.276 e. The van der Waals surface area contributed by atoms with Crippen molar-refractivity contribution in [2.45, 2.75) is 57.9 Å². The second-order valence-electron chi connectivity index (χ2n) is 9.46. The number of benzene rings is 1. The van der Waals surface area contributed by atoms with Gasteiger partial charge < -0.3 is 5.32 Å². The van der Waals surface area contributed by atoms with E-state index >= 15 is 0 Å². The molecule has 1 amide bonds. The summed E-state index contributed by atoms with van der Waals surface area (Å²) in [6.45, 7) is 6.17. The van der Waals surface area contributed by atoms with Gasteiger partial charge in [-0.2, -0.15) is 10.2 Å². The van der Waals surface area contributed by atoms with Crippen LogP contribution in [0.15, 0.2) is 41.4 Å². The second kappa shape index (κ2) is 9.17. The molecule has 0 atom stereocenters. The minimum atomic E-state index is -0.296. The zero-order chi connectivity index (χ0) is 23.6. The summed E-state index contributed by atoms with van der Waals surface area (Å²) >= 11 is 0. The topological polar surface area (TPSA) is 100.0 Å². The van der Waals surface area contributed by atoms with Gasteiger partial charge in [0.2, 0.25) is 5.96 Å². The van der Waals surface area contributed by atoms with E-state index < -0.39 is 0 Å². The number of rotatable bonds is 4. The van der Waals surface area contributed by atoms with Crippen LogP contribution in [-0.2, 0) is 12.5 Å². The zero-order valence-electron chi connectivity index (χ0n) is 19.4. The molecule has 3 aromatic rings. The molecule has 1 aliphatic rings. The van der Waals surface area contributed by atoms with E-state index in [1.807, 2.05) is 6.07 Å². The predicted octanol–water partition coefficient (Wildman–Crippen LogP) is 4.39. The van der Waals surface area contributed by atoms with E-state index in [9.17, 15) is 9.18 Å². The fourth-order valence-corrected chi connectivity index (χ4v) is 3.81. The lowest BCUT2D eigenvalue weighted by atomic mass is 9.92. The Bertz CT molecular complexity index is 1150. The predicted molar refractivity (Wildman–Crippen MR) is 127 cm³/mol. The Kier molecular flexibility index (Phi) is 6.31. The third-order valence-corrected chi connectivity index (χ3v) is 5.73. The highest BCUT2D eigenvalue weighted by atomic mass is 19.1. The Morgan fingerprint density at radius 1 is 1.18 bits per heavy atom. The van der Waals surface area contributed by atoms with Crippen LogP contribution in [0.5, 0.6) is 0 Å². The quantitative estimate of drug-likeness (QED) is 0.405. The van der Waals surface area contributed by atoms with Crippen LogP contribution >= 0.6 is 0 Å². The summed E-state index contributed by atoms with van der Waals surface area (Å²) in [6.07, 6.45) is 4.23. The lowest BCUT2D eigenvalue weighted by molar-refractivity contribution is 0.0967.